The molecule has 0 aromatic carbocycles. The van der Waals surface area contributed by atoms with Crippen molar-refractivity contribution < 1.29 is 32.5 Å². The number of hydrogen-bond acceptors (Lipinski definition) is 12. The maximum absolute atomic E-state index is 12.8. The van der Waals surface area contributed by atoms with Gasteiger partial charge in [-0.2, -0.15) is 0 Å². The molecule has 0 radical (unpaired) electrons. The van der Waals surface area contributed by atoms with Crippen LogP contribution in [0.25, 0.3) is 0 Å². The highest BCUT2D eigenvalue weighted by molar-refractivity contribution is 7.53. The molecule has 0 aromatic heterocycles. The molecule has 0 saturated carbocycles. The van der Waals surface area contributed by atoms with Crippen molar-refractivity contribution in [1.29, 1.82) is 0 Å². The Morgan fingerprint density at radius 1 is 1.28 bits per heavy atom. The van der Waals surface area contributed by atoms with Crippen molar-refractivity contribution in [3.8, 4) is 0 Å². The summed E-state index contributed by atoms with van der Waals surface area (Å²) in [6.45, 7) is 14.0. The number of aliphatic imine (C=N–C) groups is 3. The summed E-state index contributed by atoms with van der Waals surface area (Å²) < 4.78 is 35.4. The van der Waals surface area contributed by atoms with Gasteiger partial charge < -0.3 is 28.9 Å². The van der Waals surface area contributed by atoms with Gasteiger partial charge in [-0.1, -0.05) is 32.4 Å². The number of carbonyl (C=O) groups is 1. The summed E-state index contributed by atoms with van der Waals surface area (Å²) in [5, 5.41) is 6.72. The molecule has 36 heavy (non-hydrogen) atoms. The summed E-state index contributed by atoms with van der Waals surface area (Å²) in [7, 11) is -5.22. The maximum Gasteiger partial charge on any atom is 0.356 e. The Kier molecular flexibility index (Phi) is 11.2. The van der Waals surface area contributed by atoms with Crippen molar-refractivity contribution in [1.82, 2.24) is 15.9 Å². The van der Waals surface area contributed by atoms with Crippen LogP contribution in [-0.2, 0) is 32.5 Å². The highest BCUT2D eigenvalue weighted by Gasteiger charge is 2.65. The molecule has 2 aliphatic heterocycles. The van der Waals surface area contributed by atoms with Crippen LogP contribution in [0.5, 0.6) is 0 Å². The van der Waals surface area contributed by atoms with E-state index in [1.807, 2.05) is 33.9 Å². The molecule has 0 fully saturated rings. The third kappa shape index (κ3) is 7.42. The van der Waals surface area contributed by atoms with Gasteiger partial charge >= 0.3 is 13.4 Å². The second kappa shape index (κ2) is 13.0. The summed E-state index contributed by atoms with van der Waals surface area (Å²) >= 11 is 6.44. The summed E-state index contributed by atoms with van der Waals surface area (Å²) in [4.78, 5) is 30.8. The first-order chi connectivity index (χ1) is 16.9. The minimum absolute atomic E-state index is 0.0114. The van der Waals surface area contributed by atoms with E-state index >= 15 is 0 Å². The van der Waals surface area contributed by atoms with Crippen molar-refractivity contribution >= 4 is 52.5 Å². The molecule has 2 rings (SSSR count). The average Bonchev–Trinajstić information content (AvgIpc) is 3.14. The Morgan fingerprint density at radius 3 is 2.50 bits per heavy atom. The molecule has 13 nitrogen and oxygen atoms in total. The molecule has 1 amide bonds. The molecule has 206 valence electrons. The number of hydrogen-bond donors (Lipinski definition) is 2. The number of amides is 1. The first-order valence-corrected chi connectivity index (χ1v) is 16.7. The Morgan fingerprint density at radius 2 is 1.94 bits per heavy atom. The lowest BCUT2D eigenvalue weighted by atomic mass is 9.89. The highest BCUT2D eigenvalue weighted by atomic mass is 35.5. The van der Waals surface area contributed by atoms with Gasteiger partial charge in [-0.3, -0.25) is 14.2 Å². The van der Waals surface area contributed by atoms with Crippen LogP contribution in [-0.4, -0.2) is 82.2 Å². The minimum atomic E-state index is -3.41. The molecule has 2 aliphatic rings. The molecular formula is C20H38ClN6O7PSi. The number of nitrogens with one attached hydrogen (secondary N) is 2. The van der Waals surface area contributed by atoms with Crippen LogP contribution in [0.1, 0.15) is 41.0 Å². The fourth-order valence-corrected chi connectivity index (χ4v) is 5.82. The Balaban J connectivity index is 2.35. The third-order valence-corrected chi connectivity index (χ3v) is 7.67. The standard InChI is InChI=1S/C20H38ClN6O7PSi/c1-8-31-35(29,32-9-2)15-30-11-16(10-18(3,4)5)33-27(34-36(6)7)20-19(26-14-28,23-13-25-20)17(21)22-12-24-20/h12-14,16,36H,8-11,15H2,1-7H3,(H,23,25)(H,26,28). The molecule has 2 N–H and O–H groups in total. The van der Waals surface area contributed by atoms with Crippen LogP contribution in [0.2, 0.25) is 13.1 Å². The predicted molar refractivity (Wildman–Crippen MR) is 140 cm³/mol. The smallest absolute Gasteiger partial charge is 0.356 e. The van der Waals surface area contributed by atoms with E-state index in [2.05, 4.69) is 25.6 Å². The Hall–Kier alpha value is -1.22. The lowest BCUT2D eigenvalue weighted by molar-refractivity contribution is -0.400. The van der Waals surface area contributed by atoms with Gasteiger partial charge in [-0.05, 0) is 44.0 Å². The van der Waals surface area contributed by atoms with Crippen LogP contribution in [0.4, 0.5) is 0 Å². The zero-order valence-electron chi connectivity index (χ0n) is 21.9. The number of hydroxylamine groups is 2. The zero-order valence-corrected chi connectivity index (χ0v) is 24.7. The van der Waals surface area contributed by atoms with Gasteiger partial charge in [0.05, 0.1) is 26.2 Å². The highest BCUT2D eigenvalue weighted by Crippen LogP contribution is 2.48. The Bertz CT molecular complexity index is 879. The van der Waals surface area contributed by atoms with Gasteiger partial charge in [0.25, 0.3) is 0 Å². The van der Waals surface area contributed by atoms with Crippen LogP contribution >= 0.6 is 19.2 Å². The number of nitrogens with zero attached hydrogens (tertiary/aromatic N) is 4. The van der Waals surface area contributed by atoms with Crippen LogP contribution in [0.15, 0.2) is 15.0 Å². The SMILES string of the molecule is CCOP(=O)(COCC(CC(C)(C)C)ON(O[SiH](C)C)C12N=CN=C(Cl)C1(NC=O)NC=N2)OCC. The average molecular weight is 569 g/mol. The van der Waals surface area contributed by atoms with E-state index in [9.17, 15) is 9.36 Å². The van der Waals surface area contributed by atoms with E-state index < -0.39 is 34.2 Å². The minimum Gasteiger partial charge on any atom is -0.366 e. The summed E-state index contributed by atoms with van der Waals surface area (Å²) in [6, 6.07) is 0. The zero-order chi connectivity index (χ0) is 27.0. The summed E-state index contributed by atoms with van der Waals surface area (Å²) in [5.41, 5.74) is -1.73. The van der Waals surface area contributed by atoms with E-state index in [-0.39, 0.29) is 36.8 Å². The lowest BCUT2D eigenvalue weighted by Gasteiger charge is -2.46. The molecule has 2 heterocycles. The molecule has 0 saturated heterocycles. The molecular weight excluding hydrogens is 531 g/mol. The van der Waals surface area contributed by atoms with Gasteiger partial charge in [-0.25, -0.2) is 15.0 Å². The molecule has 3 atom stereocenters. The molecule has 0 aromatic rings. The number of halogens is 1. The van der Waals surface area contributed by atoms with Crippen LogP contribution < -0.4 is 10.6 Å². The number of carbonyl (C=O) groups excluding carboxylic acids is 1. The van der Waals surface area contributed by atoms with E-state index in [4.69, 9.17) is 34.7 Å². The van der Waals surface area contributed by atoms with Crippen LogP contribution in [0.3, 0.4) is 0 Å². The number of ether oxygens (including phenoxy) is 1. The van der Waals surface area contributed by atoms with E-state index in [0.717, 1.165) is 5.23 Å². The first-order valence-electron chi connectivity index (χ1n) is 11.8. The van der Waals surface area contributed by atoms with E-state index in [0.29, 0.717) is 12.8 Å². The molecule has 0 bridgehead atoms. The lowest BCUT2D eigenvalue weighted by Crippen LogP contribution is -2.75. The van der Waals surface area contributed by atoms with Crippen molar-refractivity contribution in [2.24, 2.45) is 20.4 Å². The van der Waals surface area contributed by atoms with Gasteiger partial charge in [0.2, 0.25) is 21.1 Å². The quantitative estimate of drug-likeness (QED) is 0.124. The Labute approximate surface area is 219 Å². The van der Waals surface area contributed by atoms with Crippen molar-refractivity contribution in [2.75, 3.05) is 26.2 Å². The second-order valence-electron chi connectivity index (χ2n) is 9.56. The molecule has 16 heteroatoms. The number of fused-ring (bicyclic) bond motifs is 1. The van der Waals surface area contributed by atoms with Gasteiger partial charge in [0.15, 0.2) is 5.17 Å². The van der Waals surface area contributed by atoms with E-state index in [1.165, 1.54) is 12.7 Å². The fraction of sp³-hybridized carbons (Fsp3) is 0.800. The van der Waals surface area contributed by atoms with Crippen LogP contribution in [0, 0.1) is 5.41 Å². The van der Waals surface area contributed by atoms with E-state index in [1.54, 1.807) is 13.8 Å². The third-order valence-electron chi connectivity index (χ3n) is 4.87. The second-order valence-corrected chi connectivity index (χ2v) is 14.2. The van der Waals surface area contributed by atoms with Gasteiger partial charge in [0.1, 0.15) is 18.8 Å². The maximum atomic E-state index is 12.8. The topological polar surface area (TPSA) is 145 Å². The monoisotopic (exact) mass is 568 g/mol. The van der Waals surface area contributed by atoms with Crippen molar-refractivity contribution in [3.05, 3.63) is 0 Å². The first kappa shape index (κ1) is 31.0. The van der Waals surface area contributed by atoms with Crippen molar-refractivity contribution in [2.45, 2.75) is 71.7 Å². The predicted octanol–water partition coefficient (Wildman–Crippen LogP) is 2.59. The molecule has 0 spiro atoms. The largest absolute Gasteiger partial charge is 0.366 e. The molecule has 0 aliphatic carbocycles. The van der Waals surface area contributed by atoms with Gasteiger partial charge in [-0.15, -0.1) is 0 Å². The van der Waals surface area contributed by atoms with Crippen molar-refractivity contribution in [3.63, 3.8) is 0 Å². The summed E-state index contributed by atoms with van der Waals surface area (Å²) in [5.74, 6) is -1.67. The fourth-order valence-electron chi connectivity index (χ4n) is 3.62. The normalized spacial score (nSPS) is 24.6. The summed E-state index contributed by atoms with van der Waals surface area (Å²) in [6.07, 6.45) is 2.74. The van der Waals surface area contributed by atoms with Gasteiger partial charge in [0, 0.05) is 0 Å². The molecule has 3 unspecified atom stereocenters. The number of rotatable bonds is 16.